The number of carbonyl (C=O) groups is 2. The molecule has 1 saturated heterocycles. The van der Waals surface area contributed by atoms with Crippen LogP contribution in [-0.2, 0) is 16.1 Å². The third kappa shape index (κ3) is 3.08. The Balaban J connectivity index is 1.45. The molecule has 2 aliphatic heterocycles. The quantitative estimate of drug-likeness (QED) is 0.913. The molecule has 1 atom stereocenters. The Kier molecular flexibility index (Phi) is 4.20. The van der Waals surface area contributed by atoms with Gasteiger partial charge in [0.1, 0.15) is 11.9 Å². The van der Waals surface area contributed by atoms with Crippen molar-refractivity contribution >= 4 is 17.5 Å². The Morgan fingerprint density at radius 1 is 1.15 bits per heavy atom. The predicted octanol–water partition coefficient (Wildman–Crippen LogP) is 2.37. The first kappa shape index (κ1) is 16.4. The SMILES string of the molecule is O=C(NCc1ccc2c(c1)OCO2)C1CCC(=O)N1c1ccc(F)cc1. The van der Waals surface area contributed by atoms with Gasteiger partial charge in [0.15, 0.2) is 11.5 Å². The van der Waals surface area contributed by atoms with E-state index in [9.17, 15) is 14.0 Å². The second-order valence-electron chi connectivity index (χ2n) is 6.20. The number of carbonyl (C=O) groups excluding carboxylic acids is 2. The van der Waals surface area contributed by atoms with Crippen molar-refractivity contribution in [2.45, 2.75) is 25.4 Å². The maximum absolute atomic E-state index is 13.1. The Morgan fingerprint density at radius 3 is 2.73 bits per heavy atom. The normalized spacial score (nSPS) is 18.3. The van der Waals surface area contributed by atoms with E-state index in [1.54, 1.807) is 6.07 Å². The van der Waals surface area contributed by atoms with Gasteiger partial charge in [0.2, 0.25) is 18.6 Å². The van der Waals surface area contributed by atoms with Gasteiger partial charge in [0.05, 0.1) is 0 Å². The molecular formula is C19H17FN2O4. The van der Waals surface area contributed by atoms with Crippen LogP contribution in [0.25, 0.3) is 0 Å². The number of rotatable bonds is 4. The molecule has 0 spiro atoms. The fraction of sp³-hybridized carbons (Fsp3) is 0.263. The topological polar surface area (TPSA) is 67.9 Å². The summed E-state index contributed by atoms with van der Waals surface area (Å²) in [5, 5.41) is 2.86. The number of hydrogen-bond donors (Lipinski definition) is 1. The van der Waals surface area contributed by atoms with Gasteiger partial charge in [-0.05, 0) is 48.4 Å². The lowest BCUT2D eigenvalue weighted by Gasteiger charge is -2.24. The second kappa shape index (κ2) is 6.67. The van der Waals surface area contributed by atoms with Gasteiger partial charge in [-0.2, -0.15) is 0 Å². The van der Waals surface area contributed by atoms with Crippen molar-refractivity contribution in [3.8, 4) is 11.5 Å². The third-order valence-corrected chi connectivity index (χ3v) is 4.52. The van der Waals surface area contributed by atoms with E-state index in [0.29, 0.717) is 36.6 Å². The second-order valence-corrected chi connectivity index (χ2v) is 6.20. The van der Waals surface area contributed by atoms with Crippen LogP contribution in [0.5, 0.6) is 11.5 Å². The van der Waals surface area contributed by atoms with Gasteiger partial charge in [-0.1, -0.05) is 6.07 Å². The number of nitrogens with one attached hydrogen (secondary N) is 1. The molecule has 2 amide bonds. The highest BCUT2D eigenvalue weighted by Crippen LogP contribution is 2.32. The van der Waals surface area contributed by atoms with E-state index in [1.165, 1.54) is 29.2 Å². The van der Waals surface area contributed by atoms with Crippen molar-refractivity contribution in [3.63, 3.8) is 0 Å². The first-order valence-corrected chi connectivity index (χ1v) is 8.36. The van der Waals surface area contributed by atoms with Crippen LogP contribution in [0.4, 0.5) is 10.1 Å². The zero-order chi connectivity index (χ0) is 18.1. The molecule has 2 aromatic carbocycles. The van der Waals surface area contributed by atoms with Gasteiger partial charge in [0.25, 0.3) is 0 Å². The summed E-state index contributed by atoms with van der Waals surface area (Å²) in [6.07, 6.45) is 0.725. The largest absolute Gasteiger partial charge is 0.454 e. The van der Waals surface area contributed by atoms with Crippen LogP contribution in [0, 0.1) is 5.82 Å². The van der Waals surface area contributed by atoms with Crippen LogP contribution < -0.4 is 19.7 Å². The fourth-order valence-corrected chi connectivity index (χ4v) is 3.22. The molecule has 0 saturated carbocycles. The molecule has 2 heterocycles. The molecule has 0 radical (unpaired) electrons. The summed E-state index contributed by atoms with van der Waals surface area (Å²) in [6.45, 7) is 0.513. The summed E-state index contributed by atoms with van der Waals surface area (Å²) in [5.41, 5.74) is 1.40. The zero-order valence-corrected chi connectivity index (χ0v) is 13.9. The van der Waals surface area contributed by atoms with Crippen molar-refractivity contribution in [1.29, 1.82) is 0 Å². The maximum atomic E-state index is 13.1. The highest BCUT2D eigenvalue weighted by atomic mass is 19.1. The number of benzene rings is 2. The molecule has 1 unspecified atom stereocenters. The van der Waals surface area contributed by atoms with Gasteiger partial charge >= 0.3 is 0 Å². The average Bonchev–Trinajstić information content (AvgIpc) is 3.26. The third-order valence-electron chi connectivity index (χ3n) is 4.52. The minimum absolute atomic E-state index is 0.139. The molecule has 0 aliphatic carbocycles. The van der Waals surface area contributed by atoms with Crippen LogP contribution in [0.15, 0.2) is 42.5 Å². The van der Waals surface area contributed by atoms with Crippen molar-refractivity contribution in [2.75, 3.05) is 11.7 Å². The lowest BCUT2D eigenvalue weighted by molar-refractivity contribution is -0.124. The van der Waals surface area contributed by atoms with E-state index < -0.39 is 6.04 Å². The molecular weight excluding hydrogens is 339 g/mol. The average molecular weight is 356 g/mol. The number of amides is 2. The minimum Gasteiger partial charge on any atom is -0.454 e. The number of ether oxygens (including phenoxy) is 2. The molecule has 26 heavy (non-hydrogen) atoms. The number of anilines is 1. The molecule has 0 aromatic heterocycles. The van der Waals surface area contributed by atoms with Gasteiger partial charge in [0, 0.05) is 18.7 Å². The Bertz CT molecular complexity index is 853. The minimum atomic E-state index is -0.595. The molecule has 0 bridgehead atoms. The summed E-state index contributed by atoms with van der Waals surface area (Å²) in [6, 6.07) is 10.5. The Labute approximate surface area is 149 Å². The standard InChI is InChI=1S/C19H17FN2O4/c20-13-2-4-14(5-3-13)22-15(6-8-18(22)23)19(24)21-10-12-1-7-16-17(9-12)26-11-25-16/h1-5,7,9,15H,6,8,10-11H2,(H,21,24). The van der Waals surface area contributed by atoms with Crippen LogP contribution >= 0.6 is 0 Å². The van der Waals surface area contributed by atoms with E-state index >= 15 is 0 Å². The van der Waals surface area contributed by atoms with Gasteiger partial charge in [-0.15, -0.1) is 0 Å². The van der Waals surface area contributed by atoms with Crippen LogP contribution in [0.3, 0.4) is 0 Å². The smallest absolute Gasteiger partial charge is 0.243 e. The molecule has 7 heteroatoms. The van der Waals surface area contributed by atoms with Crippen LogP contribution in [0.1, 0.15) is 18.4 Å². The van der Waals surface area contributed by atoms with Crippen molar-refractivity contribution in [1.82, 2.24) is 5.32 Å². The monoisotopic (exact) mass is 356 g/mol. The van der Waals surface area contributed by atoms with Crippen molar-refractivity contribution < 1.29 is 23.5 Å². The van der Waals surface area contributed by atoms with E-state index in [4.69, 9.17) is 9.47 Å². The maximum Gasteiger partial charge on any atom is 0.243 e. The van der Waals surface area contributed by atoms with Gasteiger partial charge in [-0.3, -0.25) is 14.5 Å². The van der Waals surface area contributed by atoms with Gasteiger partial charge < -0.3 is 14.8 Å². The van der Waals surface area contributed by atoms with Gasteiger partial charge in [-0.25, -0.2) is 4.39 Å². The lowest BCUT2D eigenvalue weighted by Crippen LogP contribution is -2.44. The van der Waals surface area contributed by atoms with Crippen LogP contribution in [0.2, 0.25) is 0 Å². The van der Waals surface area contributed by atoms with Crippen LogP contribution in [-0.4, -0.2) is 24.6 Å². The first-order valence-electron chi connectivity index (χ1n) is 8.36. The highest BCUT2D eigenvalue weighted by Gasteiger charge is 2.36. The molecule has 1 fully saturated rings. The molecule has 2 aliphatic rings. The highest BCUT2D eigenvalue weighted by molar-refractivity contribution is 6.03. The zero-order valence-electron chi connectivity index (χ0n) is 13.9. The molecule has 2 aromatic rings. The number of halogens is 1. The lowest BCUT2D eigenvalue weighted by atomic mass is 10.1. The predicted molar refractivity (Wildman–Crippen MR) is 91.3 cm³/mol. The summed E-state index contributed by atoms with van der Waals surface area (Å²) in [4.78, 5) is 26.3. The fourth-order valence-electron chi connectivity index (χ4n) is 3.22. The van der Waals surface area contributed by atoms with Crippen molar-refractivity contribution in [2.24, 2.45) is 0 Å². The van der Waals surface area contributed by atoms with E-state index in [1.807, 2.05) is 12.1 Å². The Hall–Kier alpha value is -3.09. The Morgan fingerprint density at radius 2 is 1.92 bits per heavy atom. The number of nitrogens with zero attached hydrogens (tertiary/aromatic N) is 1. The molecule has 4 rings (SSSR count). The summed E-state index contributed by atoms with van der Waals surface area (Å²) < 4.78 is 23.7. The van der Waals surface area contributed by atoms with Crippen molar-refractivity contribution in [3.05, 3.63) is 53.8 Å². The number of hydrogen-bond acceptors (Lipinski definition) is 4. The summed E-state index contributed by atoms with van der Waals surface area (Å²) >= 11 is 0. The van der Waals surface area contributed by atoms with E-state index in [2.05, 4.69) is 5.32 Å². The molecule has 6 nitrogen and oxygen atoms in total. The first-order chi connectivity index (χ1) is 12.6. The molecule has 134 valence electrons. The number of fused-ring (bicyclic) bond motifs is 1. The summed E-state index contributed by atoms with van der Waals surface area (Å²) in [5.74, 6) is 0.576. The van der Waals surface area contributed by atoms with E-state index in [-0.39, 0.29) is 24.4 Å². The van der Waals surface area contributed by atoms with E-state index in [0.717, 1.165) is 5.56 Å². The summed E-state index contributed by atoms with van der Waals surface area (Å²) in [7, 11) is 0. The molecule has 1 N–H and O–H groups in total.